The Morgan fingerprint density at radius 1 is 1.11 bits per heavy atom. The van der Waals surface area contributed by atoms with E-state index >= 15 is 0 Å². The molecule has 1 amide bonds. The second-order valence-corrected chi connectivity index (χ2v) is 5.33. The minimum atomic E-state index is -4.93. The molecule has 0 bridgehead atoms. The Bertz CT molecular complexity index is 379. The molecule has 4 nitrogen and oxygen atoms in total. The van der Waals surface area contributed by atoms with Crippen LogP contribution in [0.15, 0.2) is 0 Å². The van der Waals surface area contributed by atoms with Gasteiger partial charge >= 0.3 is 18.1 Å². The van der Waals surface area contributed by atoms with Gasteiger partial charge in [0.2, 0.25) is 0 Å². The van der Waals surface area contributed by atoms with Gasteiger partial charge in [-0.25, -0.2) is 0 Å². The van der Waals surface area contributed by atoms with Crippen molar-refractivity contribution in [3.8, 4) is 0 Å². The molecular weight excluding hydrogens is 263 g/mol. The van der Waals surface area contributed by atoms with E-state index in [1.54, 1.807) is 0 Å². The molecular formula is C12H16F3NO3. The number of halogens is 3. The van der Waals surface area contributed by atoms with Crippen molar-refractivity contribution in [1.29, 1.82) is 0 Å². The fourth-order valence-corrected chi connectivity index (χ4v) is 2.90. The van der Waals surface area contributed by atoms with Gasteiger partial charge in [-0.1, -0.05) is 6.42 Å². The van der Waals surface area contributed by atoms with E-state index in [4.69, 9.17) is 5.11 Å². The zero-order valence-electron chi connectivity index (χ0n) is 10.3. The van der Waals surface area contributed by atoms with Crippen LogP contribution in [0.25, 0.3) is 0 Å². The molecule has 0 aromatic heterocycles. The average Bonchev–Trinajstić information content (AvgIpc) is 2.24. The summed E-state index contributed by atoms with van der Waals surface area (Å²) in [7, 11) is 0. The van der Waals surface area contributed by atoms with E-state index in [9.17, 15) is 22.8 Å². The maximum atomic E-state index is 12.6. The fourth-order valence-electron chi connectivity index (χ4n) is 2.90. The first-order valence-electron chi connectivity index (χ1n) is 6.41. The van der Waals surface area contributed by atoms with Crippen LogP contribution >= 0.6 is 0 Å². The molecule has 1 saturated heterocycles. The number of piperidine rings is 1. The number of carboxylic acids is 1. The number of rotatable bonds is 2. The first kappa shape index (κ1) is 14.1. The van der Waals surface area contributed by atoms with E-state index in [0.717, 1.165) is 24.2 Å². The van der Waals surface area contributed by atoms with E-state index in [0.29, 0.717) is 12.8 Å². The third-order valence-corrected chi connectivity index (χ3v) is 4.17. The molecule has 7 heteroatoms. The first-order valence-corrected chi connectivity index (χ1v) is 6.41. The number of alkyl halides is 3. The van der Waals surface area contributed by atoms with Crippen molar-refractivity contribution in [2.45, 2.75) is 44.3 Å². The van der Waals surface area contributed by atoms with Crippen LogP contribution < -0.4 is 0 Å². The van der Waals surface area contributed by atoms with Crippen LogP contribution in [0, 0.1) is 11.8 Å². The number of aliphatic carboxylic acids is 1. The predicted molar refractivity (Wildman–Crippen MR) is 59.3 cm³/mol. The molecule has 1 heterocycles. The number of amides is 1. The molecule has 108 valence electrons. The summed E-state index contributed by atoms with van der Waals surface area (Å²) in [6.45, 7) is -0.325. The Morgan fingerprint density at radius 2 is 1.74 bits per heavy atom. The summed E-state index contributed by atoms with van der Waals surface area (Å²) in [6, 6.07) is -0.446. The zero-order chi connectivity index (χ0) is 14.2. The maximum absolute atomic E-state index is 12.6. The molecule has 1 N–H and O–H groups in total. The second-order valence-electron chi connectivity index (χ2n) is 5.33. The Morgan fingerprint density at radius 3 is 2.16 bits per heavy atom. The van der Waals surface area contributed by atoms with Crippen molar-refractivity contribution in [2.75, 3.05) is 6.54 Å². The highest BCUT2D eigenvalue weighted by Crippen LogP contribution is 2.39. The molecule has 2 rings (SSSR count). The predicted octanol–water partition coefficient (Wildman–Crippen LogP) is 2.04. The number of carboxylic acid groups (broad SMARTS) is 1. The summed E-state index contributed by atoms with van der Waals surface area (Å²) in [5.74, 6) is -3.81. The molecule has 0 aromatic rings. The Labute approximate surface area is 108 Å². The fraction of sp³-hybridized carbons (Fsp3) is 0.833. The van der Waals surface area contributed by atoms with Gasteiger partial charge in [-0.2, -0.15) is 13.2 Å². The van der Waals surface area contributed by atoms with Crippen molar-refractivity contribution in [1.82, 2.24) is 4.90 Å². The van der Waals surface area contributed by atoms with Gasteiger partial charge in [-0.3, -0.25) is 9.59 Å². The quantitative estimate of drug-likeness (QED) is 0.841. The Kier molecular flexibility index (Phi) is 3.73. The van der Waals surface area contributed by atoms with E-state index < -0.39 is 30.0 Å². The molecule has 1 aliphatic heterocycles. The zero-order valence-corrected chi connectivity index (χ0v) is 10.3. The van der Waals surface area contributed by atoms with Crippen molar-refractivity contribution in [2.24, 2.45) is 11.8 Å². The standard InChI is InChI=1S/C12H16F3NO3/c13-12(14,15)11(19)16-6-8(10(17)18)4-5-9(16)7-2-1-3-7/h7-9H,1-6H2,(H,17,18)/t8-,9+/m1/s1. The topological polar surface area (TPSA) is 57.6 Å². The van der Waals surface area contributed by atoms with E-state index in [1.807, 2.05) is 0 Å². The van der Waals surface area contributed by atoms with Crippen molar-refractivity contribution in [3.63, 3.8) is 0 Å². The average molecular weight is 279 g/mol. The van der Waals surface area contributed by atoms with Crippen LogP contribution in [0.3, 0.4) is 0 Å². The summed E-state index contributed by atoms with van der Waals surface area (Å²) in [6.07, 6.45) is -1.62. The van der Waals surface area contributed by atoms with E-state index in [1.165, 1.54) is 0 Å². The number of carbonyl (C=O) groups is 2. The van der Waals surface area contributed by atoms with E-state index in [2.05, 4.69) is 0 Å². The molecule has 0 unspecified atom stereocenters. The summed E-state index contributed by atoms with van der Waals surface area (Å²) in [5.41, 5.74) is 0. The van der Waals surface area contributed by atoms with Gasteiger partial charge < -0.3 is 10.0 Å². The summed E-state index contributed by atoms with van der Waals surface area (Å²) in [5, 5.41) is 8.92. The van der Waals surface area contributed by atoms with Gasteiger partial charge in [-0.15, -0.1) is 0 Å². The lowest BCUT2D eigenvalue weighted by atomic mass is 9.74. The second kappa shape index (κ2) is 5.02. The molecule has 19 heavy (non-hydrogen) atoms. The number of likely N-dealkylation sites (tertiary alicyclic amines) is 1. The minimum absolute atomic E-state index is 0.0982. The Balaban J connectivity index is 2.15. The first-order chi connectivity index (χ1) is 8.80. The van der Waals surface area contributed by atoms with Crippen LogP contribution in [-0.4, -0.2) is 40.6 Å². The lowest BCUT2D eigenvalue weighted by Crippen LogP contribution is -2.56. The van der Waals surface area contributed by atoms with Gasteiger partial charge in [0, 0.05) is 12.6 Å². The van der Waals surface area contributed by atoms with Gasteiger partial charge in [0.1, 0.15) is 0 Å². The van der Waals surface area contributed by atoms with Crippen LogP contribution in [0.2, 0.25) is 0 Å². The van der Waals surface area contributed by atoms with Gasteiger partial charge in [-0.05, 0) is 31.6 Å². The van der Waals surface area contributed by atoms with Crippen LogP contribution in [-0.2, 0) is 9.59 Å². The minimum Gasteiger partial charge on any atom is -0.481 e. The molecule has 1 aliphatic carbocycles. The van der Waals surface area contributed by atoms with Gasteiger partial charge in [0.05, 0.1) is 5.92 Å². The van der Waals surface area contributed by atoms with Crippen LogP contribution in [0.4, 0.5) is 13.2 Å². The number of nitrogens with zero attached hydrogens (tertiary/aromatic N) is 1. The van der Waals surface area contributed by atoms with Crippen molar-refractivity contribution < 1.29 is 27.9 Å². The molecule has 0 radical (unpaired) electrons. The third-order valence-electron chi connectivity index (χ3n) is 4.17. The highest BCUT2D eigenvalue weighted by Gasteiger charge is 2.49. The Hall–Kier alpha value is -1.27. The molecule has 2 aliphatic rings. The van der Waals surface area contributed by atoms with Crippen molar-refractivity contribution >= 4 is 11.9 Å². The maximum Gasteiger partial charge on any atom is 0.471 e. The monoisotopic (exact) mass is 279 g/mol. The smallest absolute Gasteiger partial charge is 0.471 e. The largest absolute Gasteiger partial charge is 0.481 e. The molecule has 2 fully saturated rings. The number of hydrogen-bond acceptors (Lipinski definition) is 2. The lowest BCUT2D eigenvalue weighted by Gasteiger charge is -2.45. The summed E-state index contributed by atoms with van der Waals surface area (Å²) < 4.78 is 37.7. The van der Waals surface area contributed by atoms with E-state index in [-0.39, 0.29) is 12.5 Å². The lowest BCUT2D eigenvalue weighted by molar-refractivity contribution is -0.193. The summed E-state index contributed by atoms with van der Waals surface area (Å²) in [4.78, 5) is 23.1. The normalized spacial score (nSPS) is 28.9. The number of hydrogen-bond donors (Lipinski definition) is 1. The molecule has 0 aromatic carbocycles. The third kappa shape index (κ3) is 2.84. The SMILES string of the molecule is O=C(O)[C@@H]1CC[C@@H](C2CCC2)N(C(=O)C(F)(F)F)C1. The molecule has 0 spiro atoms. The number of carbonyl (C=O) groups excluding carboxylic acids is 1. The van der Waals surface area contributed by atoms with Gasteiger partial charge in [0.25, 0.3) is 0 Å². The van der Waals surface area contributed by atoms with Crippen molar-refractivity contribution in [3.05, 3.63) is 0 Å². The van der Waals surface area contributed by atoms with Crippen LogP contribution in [0.5, 0.6) is 0 Å². The highest BCUT2D eigenvalue weighted by atomic mass is 19.4. The molecule has 2 atom stereocenters. The van der Waals surface area contributed by atoms with Gasteiger partial charge in [0.15, 0.2) is 0 Å². The highest BCUT2D eigenvalue weighted by molar-refractivity contribution is 5.83. The summed E-state index contributed by atoms with van der Waals surface area (Å²) >= 11 is 0. The van der Waals surface area contributed by atoms with Crippen LogP contribution in [0.1, 0.15) is 32.1 Å². The molecule has 1 saturated carbocycles.